The van der Waals surface area contributed by atoms with E-state index >= 15 is 0 Å². The lowest BCUT2D eigenvalue weighted by Gasteiger charge is -2.19. The van der Waals surface area contributed by atoms with Crippen LogP contribution in [-0.4, -0.2) is 43.0 Å². The summed E-state index contributed by atoms with van der Waals surface area (Å²) in [5, 5.41) is 11.9. The van der Waals surface area contributed by atoms with Crippen molar-refractivity contribution < 1.29 is 14.3 Å². The topological polar surface area (TPSA) is 103 Å². The van der Waals surface area contributed by atoms with Gasteiger partial charge < -0.3 is 9.72 Å². The lowest BCUT2D eigenvalue weighted by molar-refractivity contribution is -0.150. The van der Waals surface area contributed by atoms with Crippen molar-refractivity contribution in [1.82, 2.24) is 25.2 Å². The number of aromatic nitrogens is 5. The molecule has 0 spiro atoms. The third-order valence-corrected chi connectivity index (χ3v) is 5.03. The van der Waals surface area contributed by atoms with Crippen LogP contribution in [0.25, 0.3) is 10.9 Å². The van der Waals surface area contributed by atoms with Crippen LogP contribution in [0.4, 0.5) is 0 Å². The van der Waals surface area contributed by atoms with Gasteiger partial charge in [-0.2, -0.15) is 0 Å². The van der Waals surface area contributed by atoms with Crippen molar-refractivity contribution in [3.05, 3.63) is 77.7 Å². The molecule has 2 heterocycles. The molecule has 0 saturated heterocycles. The number of aromatic amines is 1. The number of hydrogen-bond donors (Lipinski definition) is 1. The van der Waals surface area contributed by atoms with E-state index in [2.05, 4.69) is 20.5 Å². The van der Waals surface area contributed by atoms with Gasteiger partial charge in [0.05, 0.1) is 0 Å². The molecule has 0 bridgehead atoms. The summed E-state index contributed by atoms with van der Waals surface area (Å²) in [5.74, 6) is -0.821. The summed E-state index contributed by atoms with van der Waals surface area (Å²) in [6.07, 6.45) is 0.758. The van der Waals surface area contributed by atoms with Crippen LogP contribution >= 0.6 is 0 Å². The highest BCUT2D eigenvalue weighted by molar-refractivity contribution is 6.11. The fraction of sp³-hybridized carbons (Fsp3) is 0.227. The molecule has 152 valence electrons. The average molecular weight is 403 g/mol. The fourth-order valence-corrected chi connectivity index (χ4v) is 3.54. The molecule has 0 unspecified atom stereocenters. The van der Waals surface area contributed by atoms with Gasteiger partial charge in [-0.25, -0.2) is 9.48 Å². The third kappa shape index (κ3) is 3.84. The number of carbonyl (C=O) groups excluding carboxylic acids is 2. The van der Waals surface area contributed by atoms with Gasteiger partial charge in [0.25, 0.3) is 0 Å². The number of H-pyrrole nitrogens is 1. The number of rotatable bonds is 7. The minimum atomic E-state index is -0.954. The molecule has 2 atom stereocenters. The first-order valence-electron chi connectivity index (χ1n) is 9.63. The maximum atomic E-state index is 13.1. The Morgan fingerprint density at radius 1 is 1.10 bits per heavy atom. The Balaban J connectivity index is 1.55. The standard InChI is InChI=1S/C22H21N5O3/c1-14-20(17-10-6-7-11-18(17)24-14)21(28)15(2)30-22(29)19(27-13-23-25-26-27)12-16-8-4-3-5-9-16/h3-11,13,15,19,24H,12H2,1-2H3/t15-,19+/m1/s1. The largest absolute Gasteiger partial charge is 0.453 e. The number of Topliss-reactive ketones (excluding diaryl/α,β-unsaturated/α-hetero) is 1. The van der Waals surface area contributed by atoms with E-state index in [0.717, 1.165) is 22.2 Å². The molecule has 0 aliphatic rings. The summed E-state index contributed by atoms with van der Waals surface area (Å²) >= 11 is 0. The van der Waals surface area contributed by atoms with Gasteiger partial charge in [-0.15, -0.1) is 5.10 Å². The highest BCUT2D eigenvalue weighted by Crippen LogP contribution is 2.24. The molecular formula is C22H21N5O3. The van der Waals surface area contributed by atoms with Gasteiger partial charge in [0.15, 0.2) is 12.1 Å². The summed E-state index contributed by atoms with van der Waals surface area (Å²) in [7, 11) is 0. The average Bonchev–Trinajstić information content (AvgIpc) is 3.39. The molecule has 0 radical (unpaired) electrons. The number of esters is 1. The van der Waals surface area contributed by atoms with Gasteiger partial charge in [-0.05, 0) is 35.9 Å². The minimum absolute atomic E-state index is 0.256. The number of para-hydroxylation sites is 1. The Morgan fingerprint density at radius 2 is 1.83 bits per heavy atom. The molecule has 2 aromatic carbocycles. The van der Waals surface area contributed by atoms with Crippen LogP contribution in [0.3, 0.4) is 0 Å². The number of ether oxygens (including phenoxy) is 1. The number of fused-ring (bicyclic) bond motifs is 1. The first kappa shape index (κ1) is 19.5. The van der Waals surface area contributed by atoms with E-state index in [4.69, 9.17) is 4.74 Å². The number of nitrogens with one attached hydrogen (secondary N) is 1. The van der Waals surface area contributed by atoms with Crippen molar-refractivity contribution in [2.75, 3.05) is 0 Å². The van der Waals surface area contributed by atoms with Crippen LogP contribution in [0, 0.1) is 6.92 Å². The first-order valence-corrected chi connectivity index (χ1v) is 9.63. The van der Waals surface area contributed by atoms with E-state index in [0.29, 0.717) is 12.0 Å². The van der Waals surface area contributed by atoms with Crippen molar-refractivity contribution in [3.63, 3.8) is 0 Å². The summed E-state index contributed by atoms with van der Waals surface area (Å²) in [6.45, 7) is 3.42. The van der Waals surface area contributed by atoms with E-state index in [1.165, 1.54) is 11.0 Å². The van der Waals surface area contributed by atoms with Crippen LogP contribution in [0.2, 0.25) is 0 Å². The molecule has 0 aliphatic carbocycles. The Labute approximate surface area is 172 Å². The van der Waals surface area contributed by atoms with E-state index in [-0.39, 0.29) is 5.78 Å². The minimum Gasteiger partial charge on any atom is -0.453 e. The molecule has 1 N–H and O–H groups in total. The first-order chi connectivity index (χ1) is 14.5. The van der Waals surface area contributed by atoms with Gasteiger partial charge in [0, 0.05) is 28.6 Å². The van der Waals surface area contributed by atoms with Gasteiger partial charge in [0.1, 0.15) is 6.33 Å². The highest BCUT2D eigenvalue weighted by Gasteiger charge is 2.29. The summed E-state index contributed by atoms with van der Waals surface area (Å²) in [5.41, 5.74) is 3.08. The van der Waals surface area contributed by atoms with Crippen molar-refractivity contribution in [2.24, 2.45) is 0 Å². The molecule has 4 aromatic rings. The zero-order valence-corrected chi connectivity index (χ0v) is 16.6. The number of carbonyl (C=O) groups is 2. The van der Waals surface area contributed by atoms with E-state index in [1.807, 2.05) is 61.5 Å². The zero-order chi connectivity index (χ0) is 21.1. The number of tetrazole rings is 1. The second-order valence-electron chi connectivity index (χ2n) is 7.11. The van der Waals surface area contributed by atoms with Crippen molar-refractivity contribution >= 4 is 22.7 Å². The van der Waals surface area contributed by atoms with Gasteiger partial charge >= 0.3 is 5.97 Å². The van der Waals surface area contributed by atoms with E-state index < -0.39 is 18.1 Å². The molecule has 8 heteroatoms. The number of aryl methyl sites for hydroxylation is 1. The van der Waals surface area contributed by atoms with Gasteiger partial charge in [0.2, 0.25) is 5.78 Å². The van der Waals surface area contributed by atoms with Crippen molar-refractivity contribution in [1.29, 1.82) is 0 Å². The van der Waals surface area contributed by atoms with Crippen molar-refractivity contribution in [2.45, 2.75) is 32.4 Å². The maximum absolute atomic E-state index is 13.1. The van der Waals surface area contributed by atoms with Crippen LogP contribution in [0.15, 0.2) is 60.9 Å². The zero-order valence-electron chi connectivity index (χ0n) is 16.6. The summed E-state index contributed by atoms with van der Waals surface area (Å²) in [6, 6.07) is 16.3. The molecule has 0 saturated carbocycles. The number of ketones is 1. The highest BCUT2D eigenvalue weighted by atomic mass is 16.5. The molecule has 0 aliphatic heterocycles. The normalized spacial score (nSPS) is 13.1. The number of benzene rings is 2. The Hall–Kier alpha value is -3.81. The lowest BCUT2D eigenvalue weighted by atomic mass is 10.0. The van der Waals surface area contributed by atoms with E-state index in [9.17, 15) is 9.59 Å². The molecular weight excluding hydrogens is 382 g/mol. The molecule has 0 fully saturated rings. The number of nitrogens with zero attached hydrogens (tertiary/aromatic N) is 4. The van der Waals surface area contributed by atoms with Crippen LogP contribution < -0.4 is 0 Å². The monoisotopic (exact) mass is 403 g/mol. The second-order valence-corrected chi connectivity index (χ2v) is 7.11. The SMILES string of the molecule is Cc1[nH]c2ccccc2c1C(=O)[C@@H](C)OC(=O)[C@H](Cc1ccccc1)n1cnnn1. The Morgan fingerprint density at radius 3 is 2.57 bits per heavy atom. The summed E-state index contributed by atoms with van der Waals surface area (Å²) in [4.78, 5) is 29.3. The fourth-order valence-electron chi connectivity index (χ4n) is 3.54. The Bertz CT molecular complexity index is 1170. The molecule has 2 aromatic heterocycles. The van der Waals surface area contributed by atoms with E-state index in [1.54, 1.807) is 6.92 Å². The van der Waals surface area contributed by atoms with Gasteiger partial charge in [-0.1, -0.05) is 48.5 Å². The van der Waals surface area contributed by atoms with Crippen LogP contribution in [0.1, 0.15) is 34.6 Å². The third-order valence-electron chi connectivity index (χ3n) is 5.03. The van der Waals surface area contributed by atoms with Gasteiger partial charge in [-0.3, -0.25) is 4.79 Å². The quantitative estimate of drug-likeness (QED) is 0.376. The van der Waals surface area contributed by atoms with Crippen LogP contribution in [0.5, 0.6) is 0 Å². The predicted octanol–water partition coefficient (Wildman–Crippen LogP) is 3.06. The molecule has 4 rings (SSSR count). The van der Waals surface area contributed by atoms with Crippen molar-refractivity contribution in [3.8, 4) is 0 Å². The predicted molar refractivity (Wildman–Crippen MR) is 110 cm³/mol. The molecule has 0 amide bonds. The van der Waals surface area contributed by atoms with Crippen LogP contribution in [-0.2, 0) is 16.0 Å². The maximum Gasteiger partial charge on any atom is 0.332 e. The molecule has 8 nitrogen and oxygen atoms in total. The second kappa shape index (κ2) is 8.28. The number of hydrogen-bond acceptors (Lipinski definition) is 6. The lowest BCUT2D eigenvalue weighted by Crippen LogP contribution is -2.31. The smallest absolute Gasteiger partial charge is 0.332 e. The molecule has 30 heavy (non-hydrogen) atoms. The summed E-state index contributed by atoms with van der Waals surface area (Å²) < 4.78 is 6.93. The Kier molecular flexibility index (Phi) is 5.38.